The van der Waals surface area contributed by atoms with Gasteiger partial charge in [0.2, 0.25) is 0 Å². The highest BCUT2D eigenvalue weighted by molar-refractivity contribution is 6.04. The van der Waals surface area contributed by atoms with Gasteiger partial charge in [0.25, 0.3) is 0 Å². The standard InChI is InChI=1S/C9H13BN2/c10-12-7-8-3-1-2-4-9(11)6-5-8/h2-6,9,12H,1,7,11H2. The molecular weight excluding hydrogens is 147 g/mol. The Bertz CT molecular complexity index is 219. The highest BCUT2D eigenvalue weighted by Gasteiger charge is 1.95. The SMILES string of the molecule is [B]NCC1=CCC=CC(N)C=C1. The molecule has 3 N–H and O–H groups in total. The molecule has 0 aliphatic heterocycles. The van der Waals surface area contributed by atoms with Crippen LogP contribution in [-0.2, 0) is 0 Å². The first-order valence-corrected chi connectivity index (χ1v) is 4.06. The lowest BCUT2D eigenvalue weighted by molar-refractivity contribution is 0.992. The molecule has 0 aromatic heterocycles. The van der Waals surface area contributed by atoms with Gasteiger partial charge >= 0.3 is 0 Å². The first-order chi connectivity index (χ1) is 5.83. The summed E-state index contributed by atoms with van der Waals surface area (Å²) in [7, 11) is 5.21. The maximum Gasteiger partial charge on any atom is 0.178 e. The molecule has 1 atom stereocenters. The lowest BCUT2D eigenvalue weighted by Gasteiger charge is -2.05. The van der Waals surface area contributed by atoms with Crippen molar-refractivity contribution in [3.8, 4) is 0 Å². The predicted octanol–water partition coefficient (Wildman–Crippen LogP) is 0.429. The van der Waals surface area contributed by atoms with Gasteiger partial charge in [0.15, 0.2) is 7.98 Å². The minimum absolute atomic E-state index is 0.0338. The van der Waals surface area contributed by atoms with Gasteiger partial charge in [-0.15, -0.1) is 0 Å². The second kappa shape index (κ2) is 4.96. The van der Waals surface area contributed by atoms with Gasteiger partial charge < -0.3 is 11.0 Å². The van der Waals surface area contributed by atoms with Gasteiger partial charge in [-0.25, -0.2) is 0 Å². The molecule has 1 aliphatic carbocycles. The molecular formula is C9H13BN2. The van der Waals surface area contributed by atoms with E-state index in [2.05, 4.69) is 17.4 Å². The third kappa shape index (κ3) is 3.07. The van der Waals surface area contributed by atoms with Crippen molar-refractivity contribution < 1.29 is 0 Å². The number of nitrogens with two attached hydrogens (primary N) is 1. The molecule has 0 saturated heterocycles. The number of hydrogen-bond acceptors (Lipinski definition) is 2. The van der Waals surface area contributed by atoms with Crippen molar-refractivity contribution in [2.75, 3.05) is 6.54 Å². The normalized spacial score (nSPS) is 23.1. The van der Waals surface area contributed by atoms with Crippen LogP contribution < -0.4 is 11.0 Å². The van der Waals surface area contributed by atoms with Gasteiger partial charge in [-0.2, -0.15) is 0 Å². The summed E-state index contributed by atoms with van der Waals surface area (Å²) < 4.78 is 0. The number of allylic oxidation sites excluding steroid dienone is 2. The minimum Gasteiger partial charge on any atom is -0.363 e. The van der Waals surface area contributed by atoms with Crippen LogP contribution in [0.25, 0.3) is 0 Å². The summed E-state index contributed by atoms with van der Waals surface area (Å²) in [5.74, 6) is 0. The second-order valence-electron chi connectivity index (χ2n) is 2.76. The summed E-state index contributed by atoms with van der Waals surface area (Å²) >= 11 is 0. The molecule has 2 radical (unpaired) electrons. The molecule has 1 aliphatic rings. The van der Waals surface area contributed by atoms with E-state index in [0.717, 1.165) is 6.42 Å². The van der Waals surface area contributed by atoms with E-state index >= 15 is 0 Å². The minimum atomic E-state index is 0.0338. The van der Waals surface area contributed by atoms with Crippen LogP contribution in [0.4, 0.5) is 0 Å². The summed E-state index contributed by atoms with van der Waals surface area (Å²) in [4.78, 5) is 0. The Labute approximate surface area is 74.6 Å². The van der Waals surface area contributed by atoms with Crippen LogP contribution in [-0.4, -0.2) is 20.6 Å². The zero-order chi connectivity index (χ0) is 8.81. The Morgan fingerprint density at radius 1 is 1.58 bits per heavy atom. The predicted molar refractivity (Wildman–Crippen MR) is 52.7 cm³/mol. The van der Waals surface area contributed by atoms with Gasteiger partial charge in [0, 0.05) is 12.6 Å². The van der Waals surface area contributed by atoms with Crippen LogP contribution in [0, 0.1) is 0 Å². The van der Waals surface area contributed by atoms with Crippen LogP contribution >= 0.6 is 0 Å². The molecule has 3 heteroatoms. The van der Waals surface area contributed by atoms with E-state index < -0.39 is 0 Å². The fourth-order valence-electron chi connectivity index (χ4n) is 1.07. The van der Waals surface area contributed by atoms with Crippen LogP contribution in [0.3, 0.4) is 0 Å². The number of nitrogens with one attached hydrogen (secondary N) is 1. The van der Waals surface area contributed by atoms with Crippen LogP contribution in [0.1, 0.15) is 6.42 Å². The summed E-state index contributed by atoms with van der Waals surface area (Å²) in [5, 5.41) is 2.62. The van der Waals surface area contributed by atoms with Crippen LogP contribution in [0.2, 0.25) is 0 Å². The molecule has 1 unspecified atom stereocenters. The molecule has 0 fully saturated rings. The zero-order valence-corrected chi connectivity index (χ0v) is 7.03. The molecule has 1 rings (SSSR count). The van der Waals surface area contributed by atoms with Crippen molar-refractivity contribution in [2.45, 2.75) is 12.5 Å². The van der Waals surface area contributed by atoms with Gasteiger partial charge in [0.05, 0.1) is 0 Å². The van der Waals surface area contributed by atoms with Gasteiger partial charge in [-0.05, 0) is 12.0 Å². The Morgan fingerprint density at radius 2 is 2.42 bits per heavy atom. The van der Waals surface area contributed by atoms with E-state index in [1.54, 1.807) is 0 Å². The molecule has 2 nitrogen and oxygen atoms in total. The van der Waals surface area contributed by atoms with E-state index in [-0.39, 0.29) is 6.04 Å². The fourth-order valence-corrected chi connectivity index (χ4v) is 1.07. The highest BCUT2D eigenvalue weighted by Crippen LogP contribution is 2.03. The summed E-state index contributed by atoms with van der Waals surface area (Å²) in [6.07, 6.45) is 11.1. The largest absolute Gasteiger partial charge is 0.363 e. The third-order valence-electron chi connectivity index (χ3n) is 1.71. The molecule has 0 spiro atoms. The topological polar surface area (TPSA) is 38.0 Å². The number of hydrogen-bond donors (Lipinski definition) is 2. The van der Waals surface area contributed by atoms with Crippen molar-refractivity contribution in [3.05, 3.63) is 36.0 Å². The Balaban J connectivity index is 2.62. The van der Waals surface area contributed by atoms with Crippen molar-refractivity contribution in [1.82, 2.24) is 5.23 Å². The van der Waals surface area contributed by atoms with E-state index in [1.807, 2.05) is 18.2 Å². The first kappa shape index (κ1) is 9.29. The van der Waals surface area contributed by atoms with Gasteiger partial charge in [-0.3, -0.25) is 0 Å². The maximum absolute atomic E-state index is 5.71. The quantitative estimate of drug-likeness (QED) is 0.454. The highest BCUT2D eigenvalue weighted by atomic mass is 14.7. The van der Waals surface area contributed by atoms with E-state index in [0.29, 0.717) is 6.54 Å². The van der Waals surface area contributed by atoms with Gasteiger partial charge in [0.1, 0.15) is 0 Å². The lowest BCUT2D eigenvalue weighted by Crippen LogP contribution is -2.15. The van der Waals surface area contributed by atoms with Crippen molar-refractivity contribution in [3.63, 3.8) is 0 Å². The average molecular weight is 160 g/mol. The van der Waals surface area contributed by atoms with E-state index in [1.165, 1.54) is 5.57 Å². The summed E-state index contributed by atoms with van der Waals surface area (Å²) in [6, 6.07) is 0.0338. The lowest BCUT2D eigenvalue weighted by atomic mass is 10.1. The van der Waals surface area contributed by atoms with E-state index in [9.17, 15) is 0 Å². The maximum atomic E-state index is 5.71. The molecule has 0 bridgehead atoms. The average Bonchev–Trinajstić information content (AvgIpc) is 2.04. The molecule has 62 valence electrons. The van der Waals surface area contributed by atoms with Crippen molar-refractivity contribution in [2.24, 2.45) is 5.73 Å². The fraction of sp³-hybridized carbons (Fsp3) is 0.333. The molecule has 0 heterocycles. The van der Waals surface area contributed by atoms with Crippen LogP contribution in [0.15, 0.2) is 36.0 Å². The molecule has 12 heavy (non-hydrogen) atoms. The summed E-state index contributed by atoms with van der Waals surface area (Å²) in [6.45, 7) is 0.692. The van der Waals surface area contributed by atoms with Crippen molar-refractivity contribution in [1.29, 1.82) is 0 Å². The Kier molecular flexibility index (Phi) is 3.84. The Hall–Kier alpha value is -0.795. The Morgan fingerprint density at radius 3 is 3.17 bits per heavy atom. The van der Waals surface area contributed by atoms with E-state index in [4.69, 9.17) is 13.7 Å². The second-order valence-corrected chi connectivity index (χ2v) is 2.76. The van der Waals surface area contributed by atoms with Gasteiger partial charge in [-0.1, -0.05) is 30.4 Å². The van der Waals surface area contributed by atoms with Crippen molar-refractivity contribution >= 4 is 7.98 Å². The van der Waals surface area contributed by atoms with Crippen LogP contribution in [0.5, 0.6) is 0 Å². The summed E-state index contributed by atoms with van der Waals surface area (Å²) in [5.41, 5.74) is 6.89. The smallest absolute Gasteiger partial charge is 0.178 e. The number of rotatable bonds is 2. The molecule has 0 saturated carbocycles. The molecule has 0 amide bonds. The first-order valence-electron chi connectivity index (χ1n) is 4.06. The third-order valence-corrected chi connectivity index (χ3v) is 1.71. The molecule has 0 aromatic carbocycles. The zero-order valence-electron chi connectivity index (χ0n) is 7.03. The monoisotopic (exact) mass is 160 g/mol. The molecule has 0 aromatic rings.